The van der Waals surface area contributed by atoms with E-state index in [2.05, 4.69) is 10.2 Å². The fraction of sp³-hybridized carbons (Fsp3) is 0.0556. The quantitative estimate of drug-likeness (QED) is 0.506. The molecule has 0 radical (unpaired) electrons. The van der Waals surface area contributed by atoms with Gasteiger partial charge in [-0.2, -0.15) is 0 Å². The maximum Gasteiger partial charge on any atom is 0.342 e. The van der Waals surface area contributed by atoms with Gasteiger partial charge in [0.2, 0.25) is 5.89 Å². The number of aryl methyl sites for hydroxylation is 1. The molecule has 0 saturated carbocycles. The lowest BCUT2D eigenvalue weighted by atomic mass is 10.1. The summed E-state index contributed by atoms with van der Waals surface area (Å²) >= 11 is 7.00. The van der Waals surface area contributed by atoms with Crippen molar-refractivity contribution in [1.29, 1.82) is 0 Å². The maximum absolute atomic E-state index is 11.5. The van der Waals surface area contributed by atoms with Crippen molar-refractivity contribution >= 4 is 35.4 Å². The van der Waals surface area contributed by atoms with Gasteiger partial charge in [-0.25, -0.2) is 4.79 Å². The molecular weight excluding hydrogens is 360 g/mol. The number of thioether (sulfide) groups is 1. The van der Waals surface area contributed by atoms with E-state index in [-0.39, 0.29) is 16.0 Å². The number of carbonyl (C=O) groups is 1. The topological polar surface area (TPSA) is 76.2 Å². The lowest BCUT2D eigenvalue weighted by Gasteiger charge is -2.00. The predicted molar refractivity (Wildman–Crippen MR) is 97.4 cm³/mol. The smallest absolute Gasteiger partial charge is 0.342 e. The van der Waals surface area contributed by atoms with Crippen molar-refractivity contribution in [2.45, 2.75) is 12.1 Å². The molecule has 1 aromatic heterocycles. The molecule has 25 heavy (non-hydrogen) atoms. The zero-order chi connectivity index (χ0) is 17.8. The largest absolute Gasteiger partial charge is 0.477 e. The number of aliphatic carboxylic acids is 1. The van der Waals surface area contributed by atoms with Crippen LogP contribution in [0.15, 0.2) is 63.1 Å². The van der Waals surface area contributed by atoms with E-state index in [1.165, 1.54) is 0 Å². The summed E-state index contributed by atoms with van der Waals surface area (Å²) in [5.41, 5.74) is 2.48. The van der Waals surface area contributed by atoms with Crippen LogP contribution >= 0.6 is 23.4 Å². The van der Waals surface area contributed by atoms with Gasteiger partial charge in [0.05, 0.1) is 10.6 Å². The lowest BCUT2D eigenvalue weighted by Crippen LogP contribution is -1.96. The molecule has 0 atom stereocenters. The summed E-state index contributed by atoms with van der Waals surface area (Å²) < 4.78 is 5.54. The molecule has 0 bridgehead atoms. The van der Waals surface area contributed by atoms with E-state index in [4.69, 9.17) is 16.0 Å². The number of aromatic nitrogens is 2. The fourth-order valence-electron chi connectivity index (χ4n) is 2.04. The van der Waals surface area contributed by atoms with E-state index in [1.807, 2.05) is 31.2 Å². The molecule has 3 rings (SSSR count). The van der Waals surface area contributed by atoms with Crippen LogP contribution in [0.1, 0.15) is 11.1 Å². The van der Waals surface area contributed by atoms with Crippen molar-refractivity contribution in [2.24, 2.45) is 0 Å². The third kappa shape index (κ3) is 4.29. The van der Waals surface area contributed by atoms with Gasteiger partial charge in [0.1, 0.15) is 4.91 Å². The number of halogens is 1. The number of hydrogen-bond donors (Lipinski definition) is 1. The van der Waals surface area contributed by atoms with E-state index in [0.29, 0.717) is 10.6 Å². The zero-order valence-electron chi connectivity index (χ0n) is 13.1. The first-order valence-corrected chi connectivity index (χ1v) is 8.50. The van der Waals surface area contributed by atoms with Gasteiger partial charge in [-0.05, 0) is 42.5 Å². The summed E-state index contributed by atoms with van der Waals surface area (Å²) in [6, 6.07) is 14.6. The second kappa shape index (κ2) is 7.55. The molecule has 1 N–H and O–H groups in total. The van der Waals surface area contributed by atoms with Crippen LogP contribution in [-0.4, -0.2) is 21.3 Å². The third-order valence-electron chi connectivity index (χ3n) is 3.29. The number of hydrogen-bond acceptors (Lipinski definition) is 5. The Labute approximate surface area is 153 Å². The molecule has 0 saturated heterocycles. The van der Waals surface area contributed by atoms with Gasteiger partial charge in [-0.15, -0.1) is 10.2 Å². The third-order valence-corrected chi connectivity index (χ3v) is 4.48. The van der Waals surface area contributed by atoms with Crippen molar-refractivity contribution in [2.75, 3.05) is 0 Å². The molecule has 0 fully saturated rings. The van der Waals surface area contributed by atoms with Crippen molar-refractivity contribution in [3.8, 4) is 11.5 Å². The van der Waals surface area contributed by atoms with Gasteiger partial charge >= 0.3 is 5.97 Å². The molecule has 3 aromatic rings. The van der Waals surface area contributed by atoms with E-state index < -0.39 is 5.97 Å². The van der Waals surface area contributed by atoms with Crippen LogP contribution < -0.4 is 0 Å². The van der Waals surface area contributed by atoms with Gasteiger partial charge in [-0.1, -0.05) is 53.6 Å². The second-order valence-corrected chi connectivity index (χ2v) is 6.58. The summed E-state index contributed by atoms with van der Waals surface area (Å²) in [6.45, 7) is 1.97. The first kappa shape index (κ1) is 17.3. The van der Waals surface area contributed by atoms with E-state index in [0.717, 1.165) is 22.9 Å². The van der Waals surface area contributed by atoms with Gasteiger partial charge in [-0.3, -0.25) is 0 Å². The highest BCUT2D eigenvalue weighted by atomic mass is 35.5. The van der Waals surface area contributed by atoms with Gasteiger partial charge < -0.3 is 9.52 Å². The van der Waals surface area contributed by atoms with Crippen LogP contribution in [0.3, 0.4) is 0 Å². The summed E-state index contributed by atoms with van der Waals surface area (Å²) in [4.78, 5) is 11.6. The Kier molecular flexibility index (Phi) is 5.21. The minimum Gasteiger partial charge on any atom is -0.477 e. The average molecular weight is 373 g/mol. The molecule has 7 heteroatoms. The summed E-state index contributed by atoms with van der Waals surface area (Å²) in [6.07, 6.45) is 1.56. The van der Waals surface area contributed by atoms with E-state index in [1.54, 1.807) is 30.3 Å². The molecule has 0 aliphatic carbocycles. The average Bonchev–Trinajstić information content (AvgIpc) is 3.05. The Balaban J connectivity index is 1.85. The number of rotatable bonds is 5. The number of benzene rings is 2. The molecular formula is C18H13ClN2O3S. The number of nitrogens with zero attached hydrogens (tertiary/aromatic N) is 2. The molecule has 5 nitrogen and oxygen atoms in total. The minimum absolute atomic E-state index is 0.0817. The van der Waals surface area contributed by atoms with E-state index >= 15 is 0 Å². The maximum atomic E-state index is 11.5. The minimum atomic E-state index is -1.07. The SMILES string of the molecule is Cc1ccc(/C=C(/Sc2nnc(-c3ccccc3Cl)o2)C(=O)O)cc1. The first-order chi connectivity index (χ1) is 12.0. The molecule has 0 aliphatic heterocycles. The summed E-state index contributed by atoms with van der Waals surface area (Å²) in [7, 11) is 0. The highest BCUT2D eigenvalue weighted by Crippen LogP contribution is 2.32. The van der Waals surface area contributed by atoms with E-state index in [9.17, 15) is 9.90 Å². The van der Waals surface area contributed by atoms with Crippen LogP contribution in [0.25, 0.3) is 17.5 Å². The Bertz CT molecular complexity index is 936. The molecule has 126 valence electrons. The predicted octanol–water partition coefficient (Wildman–Crippen LogP) is 4.92. The first-order valence-electron chi connectivity index (χ1n) is 7.31. The summed E-state index contributed by atoms with van der Waals surface area (Å²) in [5, 5.41) is 17.9. The van der Waals surface area contributed by atoms with Crippen LogP contribution in [0, 0.1) is 6.92 Å². The number of carboxylic acid groups (broad SMARTS) is 1. The van der Waals surface area contributed by atoms with Crippen LogP contribution in [-0.2, 0) is 4.79 Å². The monoisotopic (exact) mass is 372 g/mol. The van der Waals surface area contributed by atoms with Gasteiger partial charge in [0.15, 0.2) is 0 Å². The molecule has 0 spiro atoms. The molecule has 2 aromatic carbocycles. The fourth-order valence-corrected chi connectivity index (χ4v) is 2.93. The second-order valence-electron chi connectivity index (χ2n) is 5.18. The van der Waals surface area contributed by atoms with Crippen LogP contribution in [0.5, 0.6) is 0 Å². The molecule has 0 unspecified atom stereocenters. The zero-order valence-corrected chi connectivity index (χ0v) is 14.7. The highest BCUT2D eigenvalue weighted by Gasteiger charge is 2.17. The van der Waals surface area contributed by atoms with Crippen LogP contribution in [0.4, 0.5) is 0 Å². The molecule has 0 amide bonds. The standard InChI is InChI=1S/C18H13ClN2O3S/c1-11-6-8-12(9-7-11)10-15(17(22)23)25-18-21-20-16(24-18)13-4-2-3-5-14(13)19/h2-10H,1H3,(H,22,23)/b15-10+. The summed E-state index contributed by atoms with van der Waals surface area (Å²) in [5.74, 6) is -0.823. The van der Waals surface area contributed by atoms with Crippen molar-refractivity contribution in [3.05, 3.63) is 69.6 Å². The van der Waals surface area contributed by atoms with Gasteiger partial charge in [0.25, 0.3) is 5.22 Å². The Morgan fingerprint density at radius 1 is 1.16 bits per heavy atom. The van der Waals surface area contributed by atoms with Gasteiger partial charge in [0, 0.05) is 0 Å². The highest BCUT2D eigenvalue weighted by molar-refractivity contribution is 8.03. The van der Waals surface area contributed by atoms with Crippen molar-refractivity contribution < 1.29 is 14.3 Å². The van der Waals surface area contributed by atoms with Crippen molar-refractivity contribution in [3.63, 3.8) is 0 Å². The Morgan fingerprint density at radius 2 is 1.88 bits per heavy atom. The lowest BCUT2D eigenvalue weighted by molar-refractivity contribution is -0.131. The Hall–Kier alpha value is -2.57. The Morgan fingerprint density at radius 3 is 2.56 bits per heavy atom. The normalized spacial score (nSPS) is 11.5. The van der Waals surface area contributed by atoms with Crippen LogP contribution in [0.2, 0.25) is 5.02 Å². The molecule has 0 aliphatic rings. The van der Waals surface area contributed by atoms with Crippen molar-refractivity contribution in [1.82, 2.24) is 10.2 Å². The molecule has 1 heterocycles. The number of carboxylic acids is 1.